The number of hydrogen-bond donors (Lipinski definition) is 2. The molecule has 1 aromatic rings. The van der Waals surface area contributed by atoms with Crippen molar-refractivity contribution in [1.29, 1.82) is 0 Å². The second-order valence-corrected chi connectivity index (χ2v) is 6.84. The number of nitrogens with one attached hydrogen (secondary N) is 2. The summed E-state index contributed by atoms with van der Waals surface area (Å²) in [4.78, 5) is 6.84. The maximum absolute atomic E-state index is 4.35. The van der Waals surface area contributed by atoms with Crippen molar-refractivity contribution >= 4 is 22.3 Å². The number of hydrogen-bond acceptors (Lipinski definition) is 3. The van der Waals surface area contributed by atoms with Gasteiger partial charge >= 0.3 is 0 Å². The number of nitrogens with zero attached hydrogens (tertiary/aromatic N) is 2. The first-order valence-electron chi connectivity index (χ1n) is 8.59. The summed E-state index contributed by atoms with van der Waals surface area (Å²) in [7, 11) is 1.86. The van der Waals surface area contributed by atoms with Crippen molar-refractivity contribution in [2.45, 2.75) is 51.5 Å². The molecule has 0 atom stereocenters. The minimum absolute atomic E-state index is 0.540. The highest BCUT2D eigenvalue weighted by Crippen LogP contribution is 2.24. The molecule has 1 aliphatic rings. The first-order chi connectivity index (χ1) is 10.8. The van der Waals surface area contributed by atoms with Crippen molar-refractivity contribution in [3.63, 3.8) is 0 Å². The van der Waals surface area contributed by atoms with E-state index in [-0.39, 0.29) is 0 Å². The van der Waals surface area contributed by atoms with Crippen LogP contribution in [0.5, 0.6) is 0 Å². The Balaban J connectivity index is 1.65. The van der Waals surface area contributed by atoms with Gasteiger partial charge < -0.3 is 15.5 Å². The molecule has 1 aromatic heterocycles. The third-order valence-electron chi connectivity index (χ3n) is 4.20. The van der Waals surface area contributed by atoms with Crippen LogP contribution in [0.2, 0.25) is 0 Å². The lowest BCUT2D eigenvalue weighted by Crippen LogP contribution is -2.48. The maximum atomic E-state index is 4.35. The topological polar surface area (TPSA) is 39.7 Å². The second-order valence-electron chi connectivity index (χ2n) is 5.92. The lowest BCUT2D eigenvalue weighted by Gasteiger charge is -2.33. The minimum atomic E-state index is 0.540. The summed E-state index contributed by atoms with van der Waals surface area (Å²) in [5.74, 6) is 0.964. The normalized spacial score (nSPS) is 16.8. The molecule has 0 bridgehead atoms. The van der Waals surface area contributed by atoms with Gasteiger partial charge in [0.25, 0.3) is 0 Å². The highest BCUT2D eigenvalue weighted by Gasteiger charge is 2.20. The lowest BCUT2D eigenvalue weighted by molar-refractivity contribution is 0.462. The zero-order valence-corrected chi connectivity index (χ0v) is 14.8. The van der Waals surface area contributed by atoms with Crippen LogP contribution in [0.1, 0.15) is 45.4 Å². The largest absolute Gasteiger partial charge is 0.363 e. The Bertz CT molecular complexity index is 422. The minimum Gasteiger partial charge on any atom is -0.363 e. The smallest absolute Gasteiger partial charge is 0.191 e. The molecule has 2 heterocycles. The van der Waals surface area contributed by atoms with Gasteiger partial charge in [-0.15, -0.1) is 11.3 Å². The summed E-state index contributed by atoms with van der Waals surface area (Å²) < 4.78 is 0. The van der Waals surface area contributed by atoms with Gasteiger partial charge in [-0.05, 0) is 36.8 Å². The standard InChI is InChI=1S/C17H30N4S/c1-3-4-5-6-11-19-17(18-2)20-15-9-12-21(13-10-15)16-8-7-14-22-16/h7-8,14-15H,3-6,9-13H2,1-2H3,(H2,18,19,20). The molecule has 0 spiro atoms. The van der Waals surface area contributed by atoms with E-state index in [0.29, 0.717) is 6.04 Å². The molecule has 0 radical (unpaired) electrons. The number of unbranched alkanes of at least 4 members (excludes halogenated alkanes) is 3. The van der Waals surface area contributed by atoms with E-state index in [9.17, 15) is 0 Å². The van der Waals surface area contributed by atoms with Crippen molar-refractivity contribution < 1.29 is 0 Å². The average Bonchev–Trinajstić information content (AvgIpc) is 3.08. The van der Waals surface area contributed by atoms with Gasteiger partial charge in [-0.1, -0.05) is 26.2 Å². The van der Waals surface area contributed by atoms with Gasteiger partial charge in [0.2, 0.25) is 0 Å². The number of guanidine groups is 1. The molecule has 1 fully saturated rings. The quantitative estimate of drug-likeness (QED) is 0.459. The van der Waals surface area contributed by atoms with Gasteiger partial charge in [-0.2, -0.15) is 0 Å². The SMILES string of the molecule is CCCCCCNC(=NC)NC1CCN(c2cccs2)CC1. The first-order valence-corrected chi connectivity index (χ1v) is 9.47. The van der Waals surface area contributed by atoms with E-state index in [4.69, 9.17) is 0 Å². The molecule has 1 aliphatic heterocycles. The molecule has 2 N–H and O–H groups in total. The van der Waals surface area contributed by atoms with Gasteiger partial charge in [-0.25, -0.2) is 0 Å². The van der Waals surface area contributed by atoms with E-state index < -0.39 is 0 Å². The van der Waals surface area contributed by atoms with E-state index in [1.54, 1.807) is 0 Å². The third kappa shape index (κ3) is 5.52. The Morgan fingerprint density at radius 2 is 2.14 bits per heavy atom. The monoisotopic (exact) mass is 322 g/mol. The van der Waals surface area contributed by atoms with Gasteiger partial charge in [0.05, 0.1) is 5.00 Å². The fraction of sp³-hybridized carbons (Fsp3) is 0.706. The van der Waals surface area contributed by atoms with Gasteiger partial charge in [0.1, 0.15) is 0 Å². The molecule has 0 amide bonds. The van der Waals surface area contributed by atoms with Crippen LogP contribution >= 0.6 is 11.3 Å². The molecular weight excluding hydrogens is 292 g/mol. The van der Waals surface area contributed by atoms with E-state index in [1.807, 2.05) is 18.4 Å². The van der Waals surface area contributed by atoms with Crippen LogP contribution in [0.25, 0.3) is 0 Å². The van der Waals surface area contributed by atoms with Crippen LogP contribution in [-0.2, 0) is 0 Å². The molecule has 0 aliphatic carbocycles. The molecule has 5 heteroatoms. The Kier molecular flexibility index (Phi) is 7.57. The summed E-state index contributed by atoms with van der Waals surface area (Å²) >= 11 is 1.84. The van der Waals surface area contributed by atoms with Crippen molar-refractivity contribution in [2.24, 2.45) is 4.99 Å². The number of piperidine rings is 1. The van der Waals surface area contributed by atoms with E-state index in [1.165, 1.54) is 43.5 Å². The van der Waals surface area contributed by atoms with Crippen LogP contribution in [0.4, 0.5) is 5.00 Å². The summed E-state index contributed by atoms with van der Waals surface area (Å²) in [5, 5.41) is 10.6. The Morgan fingerprint density at radius 1 is 1.32 bits per heavy atom. The predicted molar refractivity (Wildman–Crippen MR) is 98.2 cm³/mol. The Labute approximate surface area is 139 Å². The molecule has 0 aromatic carbocycles. The first kappa shape index (κ1) is 17.1. The molecule has 4 nitrogen and oxygen atoms in total. The van der Waals surface area contributed by atoms with Crippen molar-refractivity contribution in [2.75, 3.05) is 31.6 Å². The van der Waals surface area contributed by atoms with Crippen molar-refractivity contribution in [1.82, 2.24) is 10.6 Å². The number of thiophene rings is 1. The van der Waals surface area contributed by atoms with Crippen molar-refractivity contribution in [3.05, 3.63) is 17.5 Å². The Hall–Kier alpha value is -1.23. The highest BCUT2D eigenvalue weighted by molar-refractivity contribution is 7.14. The second kappa shape index (κ2) is 9.72. The van der Waals surface area contributed by atoms with E-state index in [2.05, 4.69) is 45.0 Å². The Morgan fingerprint density at radius 3 is 2.77 bits per heavy atom. The fourth-order valence-electron chi connectivity index (χ4n) is 2.84. The van der Waals surface area contributed by atoms with E-state index >= 15 is 0 Å². The maximum Gasteiger partial charge on any atom is 0.191 e. The summed E-state index contributed by atoms with van der Waals surface area (Å²) in [6, 6.07) is 4.89. The van der Waals surface area contributed by atoms with Gasteiger partial charge in [-0.3, -0.25) is 4.99 Å². The molecule has 0 saturated carbocycles. The van der Waals surface area contributed by atoms with Crippen LogP contribution in [0, 0.1) is 0 Å². The zero-order chi connectivity index (χ0) is 15.6. The predicted octanol–water partition coefficient (Wildman–Crippen LogP) is 3.46. The molecule has 2 rings (SSSR count). The number of anilines is 1. The summed E-state index contributed by atoms with van der Waals surface area (Å²) in [6.07, 6.45) is 7.50. The lowest BCUT2D eigenvalue weighted by atomic mass is 10.1. The fourth-order valence-corrected chi connectivity index (χ4v) is 3.63. The third-order valence-corrected chi connectivity index (χ3v) is 5.13. The van der Waals surface area contributed by atoms with Gasteiger partial charge in [0, 0.05) is 32.7 Å². The van der Waals surface area contributed by atoms with Crippen LogP contribution < -0.4 is 15.5 Å². The highest BCUT2D eigenvalue weighted by atomic mass is 32.1. The molecule has 124 valence electrons. The van der Waals surface area contributed by atoms with Crippen LogP contribution in [0.3, 0.4) is 0 Å². The number of rotatable bonds is 7. The summed E-state index contributed by atoms with van der Waals surface area (Å²) in [6.45, 7) is 5.53. The summed E-state index contributed by atoms with van der Waals surface area (Å²) in [5.41, 5.74) is 0. The zero-order valence-electron chi connectivity index (χ0n) is 14.0. The molecular formula is C17H30N4S. The molecule has 0 unspecified atom stereocenters. The van der Waals surface area contributed by atoms with Gasteiger partial charge in [0.15, 0.2) is 5.96 Å². The van der Waals surface area contributed by atoms with Crippen molar-refractivity contribution in [3.8, 4) is 0 Å². The van der Waals surface area contributed by atoms with E-state index in [0.717, 1.165) is 25.6 Å². The number of aliphatic imine (C=N–C) groups is 1. The van der Waals surface area contributed by atoms with Crippen LogP contribution in [0.15, 0.2) is 22.5 Å². The molecule has 22 heavy (non-hydrogen) atoms. The average molecular weight is 323 g/mol. The molecule has 1 saturated heterocycles. The van der Waals surface area contributed by atoms with Crippen LogP contribution in [-0.4, -0.2) is 38.7 Å².